The lowest BCUT2D eigenvalue weighted by atomic mass is 10.2. The van der Waals surface area contributed by atoms with Crippen molar-refractivity contribution in [3.63, 3.8) is 0 Å². The molecule has 0 saturated heterocycles. The van der Waals surface area contributed by atoms with E-state index in [1.165, 1.54) is 0 Å². The van der Waals surface area contributed by atoms with Crippen LogP contribution in [-0.4, -0.2) is 32.7 Å². The summed E-state index contributed by atoms with van der Waals surface area (Å²) >= 11 is 1.63. The molecule has 5 nitrogen and oxygen atoms in total. The third kappa shape index (κ3) is 3.68. The van der Waals surface area contributed by atoms with E-state index < -0.39 is 12.0 Å². The predicted molar refractivity (Wildman–Crippen MR) is 79.9 cm³/mol. The van der Waals surface area contributed by atoms with E-state index in [0.717, 1.165) is 10.7 Å². The van der Waals surface area contributed by atoms with E-state index in [2.05, 4.69) is 10.3 Å². The van der Waals surface area contributed by atoms with Crippen LogP contribution >= 0.6 is 11.3 Å². The van der Waals surface area contributed by atoms with Gasteiger partial charge in [0.15, 0.2) is 0 Å². The van der Waals surface area contributed by atoms with E-state index in [1.54, 1.807) is 17.5 Å². The zero-order valence-corrected chi connectivity index (χ0v) is 12.4. The molecule has 0 aliphatic rings. The first-order valence-corrected chi connectivity index (χ1v) is 7.49. The van der Waals surface area contributed by atoms with Crippen molar-refractivity contribution < 1.29 is 9.90 Å². The molecule has 1 unspecified atom stereocenters. The molecule has 0 aromatic carbocycles. The Balaban J connectivity index is 2.04. The van der Waals surface area contributed by atoms with Crippen LogP contribution in [0, 0.1) is 0 Å². The van der Waals surface area contributed by atoms with Crippen LogP contribution in [0.3, 0.4) is 0 Å². The molecule has 0 fully saturated rings. The second kappa shape index (κ2) is 6.67. The topological polar surface area (TPSA) is 67.2 Å². The number of carboxylic acids is 1. The average molecular weight is 293 g/mol. The maximum atomic E-state index is 11.2. The van der Waals surface area contributed by atoms with Gasteiger partial charge in [-0.25, -0.2) is 4.98 Å². The molecule has 0 saturated carbocycles. The van der Waals surface area contributed by atoms with Crippen LogP contribution in [0.1, 0.15) is 20.3 Å². The molecule has 2 rings (SSSR count). The van der Waals surface area contributed by atoms with Crippen LogP contribution in [0.5, 0.6) is 0 Å². The summed E-state index contributed by atoms with van der Waals surface area (Å²) in [6.07, 6.45) is 4.17. The van der Waals surface area contributed by atoms with Crippen molar-refractivity contribution in [2.24, 2.45) is 0 Å². The molecule has 2 heterocycles. The minimum Gasteiger partial charge on any atom is -0.480 e. The molecule has 0 amide bonds. The summed E-state index contributed by atoms with van der Waals surface area (Å²) in [5, 5.41) is 14.3. The first kappa shape index (κ1) is 14.7. The van der Waals surface area contributed by atoms with Crippen LogP contribution < -0.4 is 5.32 Å². The van der Waals surface area contributed by atoms with Gasteiger partial charge in [0, 0.05) is 25.0 Å². The molecule has 1 atom stereocenters. The molecule has 0 aliphatic carbocycles. The fourth-order valence-electron chi connectivity index (χ4n) is 2.07. The van der Waals surface area contributed by atoms with Crippen LogP contribution in [0.15, 0.2) is 29.9 Å². The highest BCUT2D eigenvalue weighted by atomic mass is 32.1. The molecule has 2 N–H and O–H groups in total. The van der Waals surface area contributed by atoms with Gasteiger partial charge in [-0.2, -0.15) is 0 Å². The van der Waals surface area contributed by atoms with E-state index in [0.29, 0.717) is 13.0 Å². The fourth-order valence-corrected chi connectivity index (χ4v) is 2.81. The quantitative estimate of drug-likeness (QED) is 0.823. The third-order valence-corrected chi connectivity index (χ3v) is 3.81. The Hall–Kier alpha value is -1.66. The normalized spacial score (nSPS) is 12.8. The molecule has 0 aliphatic heterocycles. The number of imidazole rings is 1. The number of aryl methyl sites for hydroxylation is 1. The van der Waals surface area contributed by atoms with Crippen molar-refractivity contribution in [2.75, 3.05) is 0 Å². The number of nitrogens with zero attached hydrogens (tertiary/aromatic N) is 2. The molecule has 6 heteroatoms. The Labute approximate surface area is 122 Å². The second-order valence-corrected chi connectivity index (χ2v) is 5.87. The number of aliphatic carboxylic acids is 1. The smallest absolute Gasteiger partial charge is 0.320 e. The van der Waals surface area contributed by atoms with Gasteiger partial charge >= 0.3 is 5.97 Å². The highest BCUT2D eigenvalue weighted by Crippen LogP contribution is 2.23. The second-order valence-electron chi connectivity index (χ2n) is 4.92. The predicted octanol–water partition coefficient (Wildman–Crippen LogP) is 2.45. The Bertz CT molecular complexity index is 549. The summed E-state index contributed by atoms with van der Waals surface area (Å²) in [6.45, 7) is 4.53. The maximum Gasteiger partial charge on any atom is 0.320 e. The summed E-state index contributed by atoms with van der Waals surface area (Å²) in [4.78, 5) is 16.7. The van der Waals surface area contributed by atoms with E-state index in [9.17, 15) is 9.90 Å². The van der Waals surface area contributed by atoms with Crippen molar-refractivity contribution in [2.45, 2.75) is 38.9 Å². The number of nitrogens with one attached hydrogen (secondary N) is 1. The number of hydrogen-bond acceptors (Lipinski definition) is 4. The zero-order valence-electron chi connectivity index (χ0n) is 11.6. The van der Waals surface area contributed by atoms with Crippen LogP contribution in [0.25, 0.3) is 10.7 Å². The van der Waals surface area contributed by atoms with Gasteiger partial charge in [-0.15, -0.1) is 11.3 Å². The Morgan fingerprint density at radius 2 is 2.35 bits per heavy atom. The summed E-state index contributed by atoms with van der Waals surface area (Å²) in [7, 11) is 0. The number of aromatic nitrogens is 2. The molecule has 20 heavy (non-hydrogen) atoms. The molecule has 0 spiro atoms. The number of carbonyl (C=O) groups is 1. The largest absolute Gasteiger partial charge is 0.480 e. The zero-order chi connectivity index (χ0) is 14.5. The molecule has 2 aromatic rings. The first-order chi connectivity index (χ1) is 9.58. The number of hydrogen-bond donors (Lipinski definition) is 2. The van der Waals surface area contributed by atoms with Gasteiger partial charge in [0.1, 0.15) is 11.9 Å². The Morgan fingerprint density at radius 3 is 2.95 bits per heavy atom. The fraction of sp³-hybridized carbons (Fsp3) is 0.429. The van der Waals surface area contributed by atoms with E-state index >= 15 is 0 Å². The van der Waals surface area contributed by atoms with Gasteiger partial charge < -0.3 is 15.0 Å². The first-order valence-electron chi connectivity index (χ1n) is 6.62. The van der Waals surface area contributed by atoms with Crippen molar-refractivity contribution >= 4 is 17.3 Å². The van der Waals surface area contributed by atoms with Gasteiger partial charge in [-0.05, 0) is 17.9 Å². The lowest BCUT2D eigenvalue weighted by Gasteiger charge is -2.17. The molecular weight excluding hydrogens is 274 g/mol. The van der Waals surface area contributed by atoms with Gasteiger partial charge in [0.25, 0.3) is 0 Å². The van der Waals surface area contributed by atoms with E-state index in [4.69, 9.17) is 0 Å². The summed E-state index contributed by atoms with van der Waals surface area (Å²) in [5.74, 6) is 0.0881. The molecule has 2 aromatic heterocycles. The Kier molecular flexibility index (Phi) is 4.92. The number of carboxylic acid groups (broad SMARTS) is 1. The van der Waals surface area contributed by atoms with Crippen molar-refractivity contribution in [1.29, 1.82) is 0 Å². The molecular formula is C14H19N3O2S. The molecule has 108 valence electrons. The SMILES string of the molecule is CC(C)NC(CCn1ccnc1-c1cccs1)C(=O)O. The minimum atomic E-state index is -0.809. The van der Waals surface area contributed by atoms with E-state index in [1.807, 2.05) is 42.1 Å². The van der Waals surface area contributed by atoms with Crippen LogP contribution in [-0.2, 0) is 11.3 Å². The van der Waals surface area contributed by atoms with Crippen molar-refractivity contribution in [3.8, 4) is 10.7 Å². The third-order valence-electron chi connectivity index (χ3n) is 2.95. The monoisotopic (exact) mass is 293 g/mol. The van der Waals surface area contributed by atoms with E-state index in [-0.39, 0.29) is 6.04 Å². The molecule has 0 bridgehead atoms. The van der Waals surface area contributed by atoms with Crippen molar-refractivity contribution in [1.82, 2.24) is 14.9 Å². The van der Waals surface area contributed by atoms with Gasteiger partial charge in [0.2, 0.25) is 0 Å². The van der Waals surface area contributed by atoms with Gasteiger partial charge in [-0.3, -0.25) is 4.79 Å². The highest BCUT2D eigenvalue weighted by molar-refractivity contribution is 7.13. The van der Waals surface area contributed by atoms with Gasteiger partial charge in [-0.1, -0.05) is 19.9 Å². The Morgan fingerprint density at radius 1 is 1.55 bits per heavy atom. The highest BCUT2D eigenvalue weighted by Gasteiger charge is 2.18. The number of thiophene rings is 1. The maximum absolute atomic E-state index is 11.2. The number of rotatable bonds is 7. The standard InChI is InChI=1S/C14H19N3O2S/c1-10(2)16-11(14(18)19)5-7-17-8-6-15-13(17)12-4-3-9-20-12/h3-4,6,8-11,16H,5,7H2,1-2H3,(H,18,19). The summed E-state index contributed by atoms with van der Waals surface area (Å²) in [6, 6.07) is 3.62. The average Bonchev–Trinajstić information content (AvgIpc) is 3.03. The summed E-state index contributed by atoms with van der Waals surface area (Å²) in [5.41, 5.74) is 0. The lowest BCUT2D eigenvalue weighted by Crippen LogP contribution is -2.41. The lowest BCUT2D eigenvalue weighted by molar-refractivity contribution is -0.139. The summed E-state index contributed by atoms with van der Waals surface area (Å²) < 4.78 is 2.00. The van der Waals surface area contributed by atoms with Crippen LogP contribution in [0.2, 0.25) is 0 Å². The molecule has 0 radical (unpaired) electrons. The van der Waals surface area contributed by atoms with Gasteiger partial charge in [0.05, 0.1) is 4.88 Å². The van der Waals surface area contributed by atoms with Crippen molar-refractivity contribution in [3.05, 3.63) is 29.9 Å². The van der Waals surface area contributed by atoms with Crippen LogP contribution in [0.4, 0.5) is 0 Å². The minimum absolute atomic E-state index is 0.149.